The zero-order valence-corrected chi connectivity index (χ0v) is 18.0. The largest absolute Gasteiger partial charge is 0.320 e. The predicted octanol–water partition coefficient (Wildman–Crippen LogP) is 3.89. The summed E-state index contributed by atoms with van der Waals surface area (Å²) in [6, 6.07) is 12.4. The maximum absolute atomic E-state index is 13.1. The van der Waals surface area contributed by atoms with Gasteiger partial charge in [-0.25, -0.2) is 4.98 Å². The minimum Gasteiger partial charge on any atom is -0.320 e. The molecule has 1 fully saturated rings. The highest BCUT2D eigenvalue weighted by atomic mass is 16.2. The summed E-state index contributed by atoms with van der Waals surface area (Å²) in [6.07, 6.45) is 6.40. The number of amides is 2. The molecule has 32 heavy (non-hydrogen) atoms. The maximum atomic E-state index is 13.1. The van der Waals surface area contributed by atoms with Gasteiger partial charge in [-0.3, -0.25) is 19.0 Å². The summed E-state index contributed by atoms with van der Waals surface area (Å²) in [5.41, 5.74) is 2.26. The molecule has 0 unspecified atom stereocenters. The van der Waals surface area contributed by atoms with E-state index >= 15 is 0 Å². The molecule has 1 aromatic heterocycles. The van der Waals surface area contributed by atoms with Gasteiger partial charge in [-0.05, 0) is 49.6 Å². The summed E-state index contributed by atoms with van der Waals surface area (Å²) >= 11 is 0. The second-order valence-electron chi connectivity index (χ2n) is 8.50. The highest BCUT2D eigenvalue weighted by molar-refractivity contribution is 6.09. The van der Waals surface area contributed by atoms with Gasteiger partial charge in [0, 0.05) is 31.5 Å². The standard InChI is InChI=1S/C25H26N4O3/c30-23-11-7-15-28(23)21-9-5-4-8-19(21)27-24(31)17-12-13-18-20(16-17)26-22-10-3-1-2-6-14-29(22)25(18)32/h4-5,8-9,12-13,16H,1-3,6-7,10-11,14-15H2,(H,27,31). The lowest BCUT2D eigenvalue weighted by Crippen LogP contribution is -2.27. The van der Waals surface area contributed by atoms with E-state index in [4.69, 9.17) is 4.98 Å². The van der Waals surface area contributed by atoms with Crippen LogP contribution in [0.3, 0.4) is 0 Å². The van der Waals surface area contributed by atoms with Crippen molar-refractivity contribution < 1.29 is 9.59 Å². The summed E-state index contributed by atoms with van der Waals surface area (Å²) in [5.74, 6) is 0.580. The van der Waals surface area contributed by atoms with Gasteiger partial charge in [-0.1, -0.05) is 25.0 Å². The Kier molecular flexibility index (Phi) is 5.47. The van der Waals surface area contributed by atoms with Crippen molar-refractivity contribution in [3.63, 3.8) is 0 Å². The normalized spacial score (nSPS) is 16.5. The molecule has 0 saturated carbocycles. The van der Waals surface area contributed by atoms with Crippen molar-refractivity contribution in [2.24, 2.45) is 0 Å². The van der Waals surface area contributed by atoms with Crippen LogP contribution in [0, 0.1) is 0 Å². The van der Waals surface area contributed by atoms with Crippen LogP contribution in [-0.2, 0) is 17.8 Å². The van der Waals surface area contributed by atoms with Gasteiger partial charge in [0.05, 0.1) is 22.3 Å². The van der Waals surface area contributed by atoms with Gasteiger partial charge >= 0.3 is 0 Å². The number of carbonyl (C=O) groups is 2. The van der Waals surface area contributed by atoms with Gasteiger partial charge in [-0.15, -0.1) is 0 Å². The fraction of sp³-hybridized carbons (Fsp3) is 0.360. The van der Waals surface area contributed by atoms with E-state index < -0.39 is 0 Å². The molecule has 0 aliphatic carbocycles. The van der Waals surface area contributed by atoms with Crippen molar-refractivity contribution >= 4 is 34.1 Å². The predicted molar refractivity (Wildman–Crippen MR) is 124 cm³/mol. The second-order valence-corrected chi connectivity index (χ2v) is 8.50. The van der Waals surface area contributed by atoms with Crippen LogP contribution in [0.5, 0.6) is 0 Å². The molecule has 2 aliphatic rings. The number of fused-ring (bicyclic) bond motifs is 2. The molecule has 0 bridgehead atoms. The van der Waals surface area contributed by atoms with E-state index in [-0.39, 0.29) is 17.4 Å². The molecule has 3 aromatic rings. The van der Waals surface area contributed by atoms with Crippen LogP contribution in [0.15, 0.2) is 47.3 Å². The smallest absolute Gasteiger partial charge is 0.261 e. The lowest BCUT2D eigenvalue weighted by Gasteiger charge is -2.20. The van der Waals surface area contributed by atoms with Crippen molar-refractivity contribution in [1.82, 2.24) is 9.55 Å². The Balaban J connectivity index is 1.47. The number of hydrogen-bond donors (Lipinski definition) is 1. The fourth-order valence-corrected chi connectivity index (χ4v) is 4.65. The van der Waals surface area contributed by atoms with Crippen molar-refractivity contribution in [2.45, 2.75) is 51.5 Å². The third-order valence-electron chi connectivity index (χ3n) is 6.35. The first-order chi connectivity index (χ1) is 15.6. The number of carbonyl (C=O) groups excluding carboxylic acids is 2. The molecule has 1 N–H and O–H groups in total. The highest BCUT2D eigenvalue weighted by Gasteiger charge is 2.24. The number of aryl methyl sites for hydroxylation is 1. The molecule has 2 aliphatic heterocycles. The summed E-state index contributed by atoms with van der Waals surface area (Å²) in [7, 11) is 0. The van der Waals surface area contributed by atoms with Gasteiger partial charge < -0.3 is 10.2 Å². The Bertz CT molecular complexity index is 1260. The van der Waals surface area contributed by atoms with Gasteiger partial charge in [0.15, 0.2) is 0 Å². The Labute approximate surface area is 186 Å². The molecule has 3 heterocycles. The monoisotopic (exact) mass is 430 g/mol. The quantitative estimate of drug-likeness (QED) is 0.683. The molecule has 2 amide bonds. The first kappa shape index (κ1) is 20.4. The molecule has 5 rings (SSSR count). The number of anilines is 2. The van der Waals surface area contributed by atoms with Crippen LogP contribution in [0.25, 0.3) is 10.9 Å². The van der Waals surface area contributed by atoms with Crippen LogP contribution in [0.2, 0.25) is 0 Å². The van der Waals surface area contributed by atoms with Crippen molar-refractivity contribution in [3.8, 4) is 0 Å². The molecule has 2 aromatic carbocycles. The maximum Gasteiger partial charge on any atom is 0.261 e. The van der Waals surface area contributed by atoms with Crippen LogP contribution in [0.4, 0.5) is 11.4 Å². The average Bonchev–Trinajstić information content (AvgIpc) is 3.21. The molecule has 0 spiro atoms. The molecule has 7 nitrogen and oxygen atoms in total. The van der Waals surface area contributed by atoms with Crippen molar-refractivity contribution in [2.75, 3.05) is 16.8 Å². The summed E-state index contributed by atoms with van der Waals surface area (Å²) < 4.78 is 1.80. The molecular formula is C25H26N4O3. The lowest BCUT2D eigenvalue weighted by molar-refractivity contribution is -0.117. The SMILES string of the molecule is O=C(Nc1ccccc1N1CCCC1=O)c1ccc2c(=O)n3c(nc2c1)CCCCCC3. The number of aromatic nitrogens is 2. The van der Waals surface area contributed by atoms with Crippen molar-refractivity contribution in [1.29, 1.82) is 0 Å². The van der Waals surface area contributed by atoms with E-state index in [1.807, 2.05) is 18.2 Å². The number of para-hydroxylation sites is 2. The van der Waals surface area contributed by atoms with E-state index in [1.165, 1.54) is 0 Å². The van der Waals surface area contributed by atoms with Gasteiger partial charge in [0.25, 0.3) is 11.5 Å². The van der Waals surface area contributed by atoms with Gasteiger partial charge in [0.2, 0.25) is 5.91 Å². The van der Waals surface area contributed by atoms with E-state index in [0.717, 1.165) is 44.3 Å². The van der Waals surface area contributed by atoms with Crippen LogP contribution in [-0.4, -0.2) is 27.9 Å². The third kappa shape index (κ3) is 3.79. The van der Waals surface area contributed by atoms with Crippen LogP contribution in [0.1, 0.15) is 54.7 Å². The molecule has 7 heteroatoms. The second kappa shape index (κ2) is 8.57. The average molecular weight is 431 g/mol. The Morgan fingerprint density at radius 3 is 2.59 bits per heavy atom. The number of nitrogens with one attached hydrogen (secondary N) is 1. The Morgan fingerprint density at radius 1 is 0.906 bits per heavy atom. The number of benzene rings is 2. The first-order valence-electron chi connectivity index (χ1n) is 11.4. The van der Waals surface area contributed by atoms with Crippen LogP contribution < -0.4 is 15.8 Å². The summed E-state index contributed by atoms with van der Waals surface area (Å²) in [5, 5.41) is 3.48. The summed E-state index contributed by atoms with van der Waals surface area (Å²) in [4.78, 5) is 44.7. The zero-order valence-electron chi connectivity index (χ0n) is 18.0. The van der Waals surface area contributed by atoms with Gasteiger partial charge in [-0.2, -0.15) is 0 Å². The molecule has 0 atom stereocenters. The van der Waals surface area contributed by atoms with E-state index in [9.17, 15) is 14.4 Å². The summed E-state index contributed by atoms with van der Waals surface area (Å²) in [6.45, 7) is 1.35. The molecule has 0 radical (unpaired) electrons. The minimum absolute atomic E-state index is 0.0308. The van der Waals surface area contributed by atoms with Crippen LogP contribution >= 0.6 is 0 Å². The molecule has 1 saturated heterocycles. The minimum atomic E-state index is -0.292. The lowest BCUT2D eigenvalue weighted by atomic mass is 10.1. The Morgan fingerprint density at radius 2 is 1.75 bits per heavy atom. The molecular weight excluding hydrogens is 404 g/mol. The highest BCUT2D eigenvalue weighted by Crippen LogP contribution is 2.30. The third-order valence-corrected chi connectivity index (χ3v) is 6.35. The van der Waals surface area contributed by atoms with Crippen molar-refractivity contribution in [3.05, 3.63) is 64.2 Å². The number of hydrogen-bond acceptors (Lipinski definition) is 4. The zero-order chi connectivity index (χ0) is 22.1. The van der Waals surface area contributed by atoms with E-state index in [0.29, 0.717) is 47.4 Å². The van der Waals surface area contributed by atoms with E-state index in [2.05, 4.69) is 5.32 Å². The molecule has 164 valence electrons. The number of rotatable bonds is 3. The van der Waals surface area contributed by atoms with Gasteiger partial charge in [0.1, 0.15) is 5.82 Å². The van der Waals surface area contributed by atoms with E-state index in [1.54, 1.807) is 33.7 Å². The number of nitrogens with zero attached hydrogens (tertiary/aromatic N) is 3. The fourth-order valence-electron chi connectivity index (χ4n) is 4.65. The Hall–Kier alpha value is -3.48. The first-order valence-corrected chi connectivity index (χ1v) is 11.4. The topological polar surface area (TPSA) is 84.3 Å².